The molecule has 0 bridgehead atoms. The van der Waals surface area contributed by atoms with Crippen molar-refractivity contribution in [3.8, 4) is 0 Å². The fourth-order valence-corrected chi connectivity index (χ4v) is 2.97. The van der Waals surface area contributed by atoms with Crippen LogP contribution in [0.2, 0.25) is 0 Å². The number of hydrogen-bond donors (Lipinski definition) is 1. The molecule has 3 unspecified atom stereocenters. The van der Waals surface area contributed by atoms with Crippen molar-refractivity contribution in [3.05, 3.63) is 21.9 Å². The normalized spacial score (nSPS) is 31.4. The first-order chi connectivity index (χ1) is 6.01. The third-order valence-corrected chi connectivity index (χ3v) is 4.30. The van der Waals surface area contributed by atoms with Gasteiger partial charge < -0.3 is 5.11 Å². The smallest absolute Gasteiger partial charge is 0.0990 e. The van der Waals surface area contributed by atoms with Gasteiger partial charge in [0.25, 0.3) is 0 Å². The lowest BCUT2D eigenvalue weighted by Crippen LogP contribution is -2.23. The Morgan fingerprint density at radius 1 is 1.54 bits per heavy atom. The monoisotopic (exact) mass is 196 g/mol. The van der Waals surface area contributed by atoms with E-state index >= 15 is 0 Å². The molecule has 1 aliphatic rings. The molecule has 72 valence electrons. The Kier molecular flexibility index (Phi) is 2.00. The lowest BCUT2D eigenvalue weighted by atomic mass is 9.97. The Balaban J connectivity index is 2.24. The largest absolute Gasteiger partial charge is 0.384 e. The van der Waals surface area contributed by atoms with Crippen molar-refractivity contribution >= 4 is 11.3 Å². The van der Waals surface area contributed by atoms with Crippen LogP contribution in [-0.4, -0.2) is 5.11 Å². The average Bonchev–Trinajstić information content (AvgIpc) is 2.60. The van der Waals surface area contributed by atoms with E-state index in [2.05, 4.69) is 26.0 Å². The number of thiophene rings is 1. The molecule has 13 heavy (non-hydrogen) atoms. The predicted octanol–water partition coefficient (Wildman–Crippen LogP) is 2.92. The zero-order valence-corrected chi connectivity index (χ0v) is 9.19. The van der Waals surface area contributed by atoms with Crippen LogP contribution in [0.3, 0.4) is 0 Å². The van der Waals surface area contributed by atoms with Gasteiger partial charge in [-0.25, -0.2) is 0 Å². The van der Waals surface area contributed by atoms with Crippen LogP contribution in [0.1, 0.15) is 30.0 Å². The van der Waals surface area contributed by atoms with Crippen LogP contribution in [0.15, 0.2) is 12.1 Å². The van der Waals surface area contributed by atoms with Gasteiger partial charge >= 0.3 is 0 Å². The van der Waals surface area contributed by atoms with Gasteiger partial charge in [0.2, 0.25) is 0 Å². The molecule has 1 aliphatic carbocycles. The second-order valence-corrected chi connectivity index (χ2v) is 5.67. The SMILES string of the molecule is Cc1ccc(C(C)(O)C2CC2C)s1. The molecule has 3 atom stereocenters. The van der Waals surface area contributed by atoms with Crippen LogP contribution >= 0.6 is 11.3 Å². The first kappa shape index (κ1) is 9.22. The highest BCUT2D eigenvalue weighted by Gasteiger charge is 2.48. The van der Waals surface area contributed by atoms with Crippen LogP contribution < -0.4 is 0 Å². The maximum Gasteiger partial charge on any atom is 0.0990 e. The molecule has 1 N–H and O–H groups in total. The summed E-state index contributed by atoms with van der Waals surface area (Å²) in [6.07, 6.45) is 1.17. The Labute approximate surface area is 83.4 Å². The molecule has 2 heteroatoms. The van der Waals surface area contributed by atoms with Gasteiger partial charge in [0.1, 0.15) is 0 Å². The minimum Gasteiger partial charge on any atom is -0.384 e. The van der Waals surface area contributed by atoms with Gasteiger partial charge in [-0.05, 0) is 44.2 Å². The summed E-state index contributed by atoms with van der Waals surface area (Å²) in [5, 5.41) is 10.3. The zero-order chi connectivity index (χ0) is 9.64. The Morgan fingerprint density at radius 3 is 2.54 bits per heavy atom. The molecule has 1 heterocycles. The fraction of sp³-hybridized carbons (Fsp3) is 0.636. The quantitative estimate of drug-likeness (QED) is 0.771. The van der Waals surface area contributed by atoms with Crippen LogP contribution in [-0.2, 0) is 5.60 Å². The molecular weight excluding hydrogens is 180 g/mol. The van der Waals surface area contributed by atoms with E-state index in [0.717, 1.165) is 4.88 Å². The summed E-state index contributed by atoms with van der Waals surface area (Å²) in [6.45, 7) is 6.24. The molecule has 1 saturated carbocycles. The third kappa shape index (κ3) is 1.53. The second-order valence-electron chi connectivity index (χ2n) is 4.38. The number of aliphatic hydroxyl groups is 1. The molecule has 1 aromatic rings. The van der Waals surface area contributed by atoms with E-state index in [0.29, 0.717) is 11.8 Å². The van der Waals surface area contributed by atoms with Crippen LogP contribution in [0.5, 0.6) is 0 Å². The molecular formula is C11H16OS. The lowest BCUT2D eigenvalue weighted by molar-refractivity contribution is 0.0320. The molecule has 0 amide bonds. The van der Waals surface area contributed by atoms with Gasteiger partial charge in [-0.2, -0.15) is 0 Å². The summed E-state index contributed by atoms with van der Waals surface area (Å²) in [5.74, 6) is 1.17. The lowest BCUT2D eigenvalue weighted by Gasteiger charge is -2.21. The average molecular weight is 196 g/mol. The molecule has 1 nitrogen and oxygen atoms in total. The summed E-state index contributed by atoms with van der Waals surface area (Å²) >= 11 is 1.72. The van der Waals surface area contributed by atoms with Crippen molar-refractivity contribution in [2.45, 2.75) is 32.8 Å². The Morgan fingerprint density at radius 2 is 2.15 bits per heavy atom. The maximum atomic E-state index is 10.3. The fourth-order valence-electron chi connectivity index (χ4n) is 1.99. The molecule has 1 aromatic heterocycles. The standard InChI is InChI=1S/C11H16OS/c1-7-6-9(7)11(3,12)10-5-4-8(2)13-10/h4-5,7,9,12H,6H2,1-3H3. The molecule has 0 radical (unpaired) electrons. The molecule has 0 saturated heterocycles. The van der Waals surface area contributed by atoms with Crippen LogP contribution in [0.25, 0.3) is 0 Å². The highest BCUT2D eigenvalue weighted by molar-refractivity contribution is 7.12. The van der Waals surface area contributed by atoms with Crippen molar-refractivity contribution < 1.29 is 5.11 Å². The molecule has 0 aliphatic heterocycles. The number of rotatable bonds is 2. The molecule has 1 fully saturated rings. The first-order valence-electron chi connectivity index (χ1n) is 4.81. The number of hydrogen-bond acceptors (Lipinski definition) is 2. The van der Waals surface area contributed by atoms with Gasteiger partial charge in [0, 0.05) is 9.75 Å². The number of aryl methyl sites for hydroxylation is 1. The summed E-state index contributed by atoms with van der Waals surface area (Å²) in [5.41, 5.74) is -0.585. The van der Waals surface area contributed by atoms with E-state index < -0.39 is 5.60 Å². The molecule has 0 aromatic carbocycles. The Hall–Kier alpha value is -0.340. The Bertz CT molecular complexity index is 314. The van der Waals surface area contributed by atoms with E-state index in [1.807, 2.05) is 6.92 Å². The van der Waals surface area contributed by atoms with Gasteiger partial charge in [-0.3, -0.25) is 0 Å². The minimum absolute atomic E-state index is 0.477. The first-order valence-corrected chi connectivity index (χ1v) is 5.62. The minimum atomic E-state index is -0.585. The molecule has 0 spiro atoms. The molecule has 2 rings (SSSR count). The van der Waals surface area contributed by atoms with E-state index in [-0.39, 0.29) is 0 Å². The van der Waals surface area contributed by atoms with Gasteiger partial charge in [0.05, 0.1) is 5.60 Å². The van der Waals surface area contributed by atoms with Crippen molar-refractivity contribution in [2.75, 3.05) is 0 Å². The summed E-state index contributed by atoms with van der Waals surface area (Å²) in [7, 11) is 0. The van der Waals surface area contributed by atoms with Crippen LogP contribution in [0.4, 0.5) is 0 Å². The van der Waals surface area contributed by atoms with Gasteiger partial charge in [0.15, 0.2) is 0 Å². The predicted molar refractivity (Wildman–Crippen MR) is 55.9 cm³/mol. The highest BCUT2D eigenvalue weighted by atomic mass is 32.1. The summed E-state index contributed by atoms with van der Waals surface area (Å²) in [6, 6.07) is 4.15. The second kappa shape index (κ2) is 2.82. The van der Waals surface area contributed by atoms with E-state index in [1.165, 1.54) is 11.3 Å². The summed E-state index contributed by atoms with van der Waals surface area (Å²) < 4.78 is 0. The van der Waals surface area contributed by atoms with Crippen LogP contribution in [0, 0.1) is 18.8 Å². The van der Waals surface area contributed by atoms with Gasteiger partial charge in [-0.15, -0.1) is 11.3 Å². The van der Waals surface area contributed by atoms with Crippen molar-refractivity contribution in [2.24, 2.45) is 11.8 Å². The topological polar surface area (TPSA) is 20.2 Å². The third-order valence-electron chi connectivity index (χ3n) is 3.07. The highest BCUT2D eigenvalue weighted by Crippen LogP contribution is 2.51. The van der Waals surface area contributed by atoms with E-state index in [9.17, 15) is 5.11 Å². The van der Waals surface area contributed by atoms with Crippen molar-refractivity contribution in [3.63, 3.8) is 0 Å². The zero-order valence-electron chi connectivity index (χ0n) is 8.37. The summed E-state index contributed by atoms with van der Waals surface area (Å²) in [4.78, 5) is 2.41. The van der Waals surface area contributed by atoms with Gasteiger partial charge in [-0.1, -0.05) is 6.92 Å². The maximum absolute atomic E-state index is 10.3. The van der Waals surface area contributed by atoms with E-state index in [1.54, 1.807) is 11.3 Å². The van der Waals surface area contributed by atoms with Crippen molar-refractivity contribution in [1.29, 1.82) is 0 Å². The van der Waals surface area contributed by atoms with E-state index in [4.69, 9.17) is 0 Å². The van der Waals surface area contributed by atoms with Crippen molar-refractivity contribution in [1.82, 2.24) is 0 Å².